The summed E-state index contributed by atoms with van der Waals surface area (Å²) in [5.74, 6) is -0.772. The van der Waals surface area contributed by atoms with Gasteiger partial charge in [0.15, 0.2) is 5.65 Å². The van der Waals surface area contributed by atoms with Gasteiger partial charge < -0.3 is 5.73 Å². The molecule has 2 heterocycles. The molecule has 0 fully saturated rings. The summed E-state index contributed by atoms with van der Waals surface area (Å²) in [6.07, 6.45) is 1.70. The van der Waals surface area contributed by atoms with Gasteiger partial charge in [0, 0.05) is 6.20 Å². The monoisotopic (exact) mass is 231 g/mol. The van der Waals surface area contributed by atoms with Gasteiger partial charge in [-0.3, -0.25) is 14.7 Å². The number of carbonyl (C=O) groups excluding carboxylic acids is 1. The largest absolute Gasteiger partial charge is 0.364 e. The average molecular weight is 231 g/mol. The fourth-order valence-corrected chi connectivity index (χ4v) is 1.65. The van der Waals surface area contributed by atoms with Crippen LogP contribution in [0.4, 0.5) is 0 Å². The molecule has 2 aromatic heterocycles. The molecule has 0 radical (unpaired) electrons. The van der Waals surface area contributed by atoms with Crippen LogP contribution in [0.25, 0.3) is 5.65 Å². The van der Waals surface area contributed by atoms with E-state index < -0.39 is 11.5 Å². The van der Waals surface area contributed by atoms with Crippen LogP contribution in [0.1, 0.15) is 28.5 Å². The van der Waals surface area contributed by atoms with E-state index in [1.165, 1.54) is 6.20 Å². The van der Waals surface area contributed by atoms with E-state index in [9.17, 15) is 9.59 Å². The summed E-state index contributed by atoms with van der Waals surface area (Å²) >= 11 is 0. The molecule has 0 saturated heterocycles. The molecule has 86 valence electrons. The van der Waals surface area contributed by atoms with Crippen molar-refractivity contribution < 1.29 is 4.79 Å². The van der Waals surface area contributed by atoms with Gasteiger partial charge in [0.25, 0.3) is 11.5 Å². The van der Waals surface area contributed by atoms with Gasteiger partial charge in [0.1, 0.15) is 17.3 Å². The zero-order valence-electron chi connectivity index (χ0n) is 9.02. The van der Waals surface area contributed by atoms with E-state index in [1.807, 2.05) is 6.07 Å². The number of carbonyl (C=O) groups is 1. The lowest BCUT2D eigenvalue weighted by Gasteiger charge is -2.03. The predicted molar refractivity (Wildman–Crippen MR) is 58.4 cm³/mol. The Bertz CT molecular complexity index is 704. The van der Waals surface area contributed by atoms with Crippen LogP contribution in [0.2, 0.25) is 0 Å². The Hall–Kier alpha value is -2.62. The van der Waals surface area contributed by atoms with Gasteiger partial charge in [0.05, 0.1) is 5.56 Å². The van der Waals surface area contributed by atoms with Gasteiger partial charge >= 0.3 is 0 Å². The number of nitrogens with two attached hydrogens (primary N) is 1. The van der Waals surface area contributed by atoms with Gasteiger partial charge in [-0.25, -0.2) is 9.50 Å². The highest BCUT2D eigenvalue weighted by Gasteiger charge is 2.17. The standard InChI is InChI=1S/C10H9N5O2/c1-2-6-7(8(12)16)14-9-5(3-11)4-13-15(9)10(6)17/h4,13H,2H2,1H3,(H2,12,16). The van der Waals surface area contributed by atoms with Crippen LogP contribution in [0.15, 0.2) is 11.0 Å². The molecule has 0 aliphatic heterocycles. The molecule has 0 unspecified atom stereocenters. The summed E-state index contributed by atoms with van der Waals surface area (Å²) in [7, 11) is 0. The number of nitrogens with one attached hydrogen (secondary N) is 1. The molecular weight excluding hydrogens is 222 g/mol. The molecule has 0 aliphatic carbocycles. The number of aromatic amines is 1. The second-order valence-electron chi connectivity index (χ2n) is 3.42. The van der Waals surface area contributed by atoms with Crippen LogP contribution in [0.3, 0.4) is 0 Å². The summed E-state index contributed by atoms with van der Waals surface area (Å²) in [4.78, 5) is 27.2. The minimum atomic E-state index is -0.772. The van der Waals surface area contributed by atoms with Gasteiger partial charge in [-0.15, -0.1) is 0 Å². The van der Waals surface area contributed by atoms with E-state index in [1.54, 1.807) is 6.92 Å². The minimum Gasteiger partial charge on any atom is -0.364 e. The summed E-state index contributed by atoms with van der Waals surface area (Å²) < 4.78 is 1.13. The first kappa shape index (κ1) is 10.9. The van der Waals surface area contributed by atoms with Gasteiger partial charge in [-0.05, 0) is 6.42 Å². The van der Waals surface area contributed by atoms with Crippen LogP contribution >= 0.6 is 0 Å². The third-order valence-electron chi connectivity index (χ3n) is 2.46. The number of H-pyrrole nitrogens is 1. The number of nitrogens with zero attached hydrogens (tertiary/aromatic N) is 3. The van der Waals surface area contributed by atoms with Crippen molar-refractivity contribution in [1.29, 1.82) is 5.26 Å². The molecule has 3 N–H and O–H groups in total. The van der Waals surface area contributed by atoms with Crippen LogP contribution < -0.4 is 11.3 Å². The lowest BCUT2D eigenvalue weighted by molar-refractivity contribution is 0.0994. The Morgan fingerprint density at radius 1 is 1.71 bits per heavy atom. The molecule has 0 bridgehead atoms. The topological polar surface area (TPSA) is 117 Å². The molecule has 7 heteroatoms. The van der Waals surface area contributed by atoms with Crippen molar-refractivity contribution in [2.45, 2.75) is 13.3 Å². The molecule has 0 aliphatic rings. The van der Waals surface area contributed by atoms with E-state index in [0.29, 0.717) is 6.42 Å². The SMILES string of the molecule is CCc1c(C(N)=O)nc2c(C#N)c[nH]n2c1=O. The van der Waals surface area contributed by atoms with Crippen molar-refractivity contribution in [3.05, 3.63) is 33.4 Å². The Morgan fingerprint density at radius 3 is 2.94 bits per heavy atom. The van der Waals surface area contributed by atoms with Crippen LogP contribution in [-0.2, 0) is 6.42 Å². The number of aromatic nitrogens is 3. The highest BCUT2D eigenvalue weighted by atomic mass is 16.1. The van der Waals surface area contributed by atoms with Crippen LogP contribution in [-0.4, -0.2) is 20.5 Å². The van der Waals surface area contributed by atoms with E-state index in [0.717, 1.165) is 4.52 Å². The lowest BCUT2D eigenvalue weighted by Crippen LogP contribution is -2.27. The maximum Gasteiger partial charge on any atom is 0.276 e. The minimum absolute atomic E-state index is 0.0754. The van der Waals surface area contributed by atoms with Crippen molar-refractivity contribution in [3.8, 4) is 6.07 Å². The van der Waals surface area contributed by atoms with Crippen molar-refractivity contribution in [3.63, 3.8) is 0 Å². The Labute approximate surface area is 95.5 Å². The summed E-state index contributed by atoms with van der Waals surface area (Å²) in [6, 6.07) is 1.88. The molecular formula is C10H9N5O2. The van der Waals surface area contributed by atoms with Crippen molar-refractivity contribution in [1.82, 2.24) is 14.6 Å². The fourth-order valence-electron chi connectivity index (χ4n) is 1.65. The Balaban J connectivity index is 2.97. The molecule has 7 nitrogen and oxygen atoms in total. The number of rotatable bonds is 2. The fraction of sp³-hybridized carbons (Fsp3) is 0.200. The zero-order valence-corrected chi connectivity index (χ0v) is 9.02. The first-order valence-electron chi connectivity index (χ1n) is 4.93. The van der Waals surface area contributed by atoms with Gasteiger partial charge in [-0.2, -0.15) is 5.26 Å². The third kappa shape index (κ3) is 1.47. The number of fused-ring (bicyclic) bond motifs is 1. The van der Waals surface area contributed by atoms with Crippen molar-refractivity contribution in [2.24, 2.45) is 5.73 Å². The molecule has 2 rings (SSSR count). The summed E-state index contributed by atoms with van der Waals surface area (Å²) in [5.41, 5.74) is 5.22. The molecule has 1 amide bonds. The second kappa shape index (κ2) is 3.75. The maximum atomic E-state index is 12.0. The van der Waals surface area contributed by atoms with Crippen LogP contribution in [0.5, 0.6) is 0 Å². The highest BCUT2D eigenvalue weighted by molar-refractivity contribution is 5.92. The van der Waals surface area contributed by atoms with E-state index in [-0.39, 0.29) is 22.5 Å². The smallest absolute Gasteiger partial charge is 0.276 e. The predicted octanol–water partition coefficient (Wildman–Crippen LogP) is -0.444. The quantitative estimate of drug-likeness (QED) is 0.728. The van der Waals surface area contributed by atoms with Crippen molar-refractivity contribution >= 4 is 11.6 Å². The van der Waals surface area contributed by atoms with Crippen LogP contribution in [0, 0.1) is 11.3 Å². The first-order valence-corrected chi connectivity index (χ1v) is 4.93. The molecule has 17 heavy (non-hydrogen) atoms. The number of primary amides is 1. The van der Waals surface area contributed by atoms with E-state index >= 15 is 0 Å². The molecule has 0 saturated carbocycles. The number of nitriles is 1. The Morgan fingerprint density at radius 2 is 2.41 bits per heavy atom. The third-order valence-corrected chi connectivity index (χ3v) is 2.46. The van der Waals surface area contributed by atoms with E-state index in [2.05, 4.69) is 10.1 Å². The molecule has 0 aromatic carbocycles. The maximum absolute atomic E-state index is 12.0. The first-order chi connectivity index (χ1) is 8.10. The van der Waals surface area contributed by atoms with Gasteiger partial charge in [-0.1, -0.05) is 6.92 Å². The number of amides is 1. The molecule has 0 spiro atoms. The normalized spacial score (nSPS) is 10.4. The van der Waals surface area contributed by atoms with E-state index in [4.69, 9.17) is 11.0 Å². The zero-order chi connectivity index (χ0) is 12.6. The number of hydrogen-bond acceptors (Lipinski definition) is 4. The molecule has 2 aromatic rings. The Kier molecular flexibility index (Phi) is 2.40. The van der Waals surface area contributed by atoms with Gasteiger partial charge in [0.2, 0.25) is 0 Å². The second-order valence-corrected chi connectivity index (χ2v) is 3.42. The number of hydrogen-bond donors (Lipinski definition) is 2. The lowest BCUT2D eigenvalue weighted by atomic mass is 10.1. The summed E-state index contributed by atoms with van der Waals surface area (Å²) in [5, 5.41) is 11.4. The highest BCUT2D eigenvalue weighted by Crippen LogP contribution is 2.08. The van der Waals surface area contributed by atoms with Crippen molar-refractivity contribution in [2.75, 3.05) is 0 Å². The average Bonchev–Trinajstić information content (AvgIpc) is 2.71. The molecule has 0 atom stereocenters. The summed E-state index contributed by atoms with van der Waals surface area (Å²) in [6.45, 7) is 1.73.